The molecule has 2 bridgehead atoms. The quantitative estimate of drug-likeness (QED) is 0.504. The number of anilines is 1. The van der Waals surface area contributed by atoms with Gasteiger partial charge in [0.05, 0.1) is 14.8 Å². The van der Waals surface area contributed by atoms with Crippen LogP contribution in [0.1, 0.15) is 50.1 Å². The van der Waals surface area contributed by atoms with E-state index in [0.717, 1.165) is 30.8 Å². The van der Waals surface area contributed by atoms with E-state index in [1.54, 1.807) is 11.3 Å². The lowest BCUT2D eigenvalue weighted by molar-refractivity contribution is -0.155. The minimum absolute atomic E-state index is 0.0620. The Morgan fingerprint density at radius 2 is 2.00 bits per heavy atom. The Labute approximate surface area is 172 Å². The Morgan fingerprint density at radius 3 is 2.58 bits per heavy atom. The van der Waals surface area contributed by atoms with Crippen LogP contribution in [0.25, 0.3) is 0 Å². The molecule has 0 spiro atoms. The molecule has 1 aromatic heterocycles. The number of thiazole rings is 1. The van der Waals surface area contributed by atoms with Crippen LogP contribution in [0.2, 0.25) is 0 Å². The molecule has 0 unspecified atom stereocenters. The van der Waals surface area contributed by atoms with Crippen molar-refractivity contribution in [1.29, 1.82) is 0 Å². The van der Waals surface area contributed by atoms with Crippen LogP contribution in [0.15, 0.2) is 0 Å². The van der Waals surface area contributed by atoms with Crippen LogP contribution in [0, 0.1) is 16.2 Å². The van der Waals surface area contributed by atoms with E-state index in [4.69, 9.17) is 0 Å². The number of carbonyl (C=O) groups is 1. The van der Waals surface area contributed by atoms with Crippen LogP contribution in [-0.2, 0) is 17.6 Å². The number of nitrogens with zero attached hydrogens (tertiary/aromatic N) is 1. The Morgan fingerprint density at radius 1 is 1.29 bits per heavy atom. The molecule has 3 nitrogen and oxygen atoms in total. The van der Waals surface area contributed by atoms with E-state index >= 15 is 0 Å². The average Bonchev–Trinajstić information content (AvgIpc) is 3.14. The lowest BCUT2D eigenvalue weighted by Crippen LogP contribution is -2.71. The van der Waals surface area contributed by atoms with Gasteiger partial charge < -0.3 is 5.32 Å². The predicted octanol–water partition coefficient (Wildman–Crippen LogP) is 5.65. The van der Waals surface area contributed by atoms with Crippen molar-refractivity contribution < 1.29 is 4.79 Å². The van der Waals surface area contributed by atoms with E-state index in [0.29, 0.717) is 0 Å². The maximum absolute atomic E-state index is 13.3. The molecule has 3 saturated carbocycles. The van der Waals surface area contributed by atoms with Gasteiger partial charge in [-0.1, -0.05) is 61.6 Å². The molecule has 0 radical (unpaired) electrons. The summed E-state index contributed by atoms with van der Waals surface area (Å²) < 4.78 is 0.201. The molecule has 4 aliphatic rings. The highest BCUT2D eigenvalue weighted by molar-refractivity contribution is 9.24. The SMILES string of the molecule is CC1(C)[C@]2(C(=O)Nc3nc4c(s3)CCCC4)CC[C@]1(C(Br)Br)[C@@H]2Br. The fourth-order valence-electron chi connectivity index (χ4n) is 5.31. The standard InChI is InChI=1S/C17H21Br3N2OS/c1-15(2)16(12(19)20)7-8-17(15,11(16)18)13(23)22-14-21-9-5-3-4-6-10(9)24-14/h11-12H,3-8H2,1-2H3,(H,21,22,23)/t11-,16+,17+/m0/s1. The molecule has 4 aliphatic carbocycles. The Hall–Kier alpha value is 0.540. The van der Waals surface area contributed by atoms with E-state index in [-0.39, 0.29) is 30.7 Å². The van der Waals surface area contributed by atoms with Crippen LogP contribution >= 0.6 is 59.1 Å². The van der Waals surface area contributed by atoms with Crippen molar-refractivity contribution in [2.75, 3.05) is 5.32 Å². The third-order valence-electron chi connectivity index (χ3n) is 6.96. The van der Waals surface area contributed by atoms with Gasteiger partial charge in [0.25, 0.3) is 0 Å². The number of rotatable bonds is 3. The largest absolute Gasteiger partial charge is 0.301 e. The Kier molecular flexibility index (Phi) is 4.31. The number of alkyl halides is 3. The van der Waals surface area contributed by atoms with Gasteiger partial charge in [-0.25, -0.2) is 4.98 Å². The highest BCUT2D eigenvalue weighted by atomic mass is 79.9. The third kappa shape index (κ3) is 1.99. The molecule has 24 heavy (non-hydrogen) atoms. The summed E-state index contributed by atoms with van der Waals surface area (Å²) in [5.74, 6) is 0.134. The fourth-order valence-corrected chi connectivity index (χ4v) is 11.3. The molecule has 1 heterocycles. The van der Waals surface area contributed by atoms with Crippen LogP contribution < -0.4 is 5.32 Å². The van der Waals surface area contributed by atoms with Crippen molar-refractivity contribution in [3.8, 4) is 0 Å². The maximum atomic E-state index is 13.3. The van der Waals surface area contributed by atoms with E-state index < -0.39 is 0 Å². The second-order valence-electron chi connectivity index (χ2n) is 7.85. The molecule has 0 aromatic carbocycles. The predicted molar refractivity (Wildman–Crippen MR) is 110 cm³/mol. The minimum Gasteiger partial charge on any atom is -0.301 e. The van der Waals surface area contributed by atoms with Gasteiger partial charge in [0, 0.05) is 15.1 Å². The average molecular weight is 541 g/mol. The summed E-state index contributed by atoms with van der Waals surface area (Å²) in [6.07, 6.45) is 6.57. The molecule has 1 N–H and O–H groups in total. The smallest absolute Gasteiger partial charge is 0.234 e. The molecule has 0 aliphatic heterocycles. The summed E-state index contributed by atoms with van der Waals surface area (Å²) in [4.78, 5) is 19.5. The first kappa shape index (κ1) is 17.9. The van der Waals surface area contributed by atoms with E-state index in [9.17, 15) is 4.79 Å². The van der Waals surface area contributed by atoms with Crippen molar-refractivity contribution >= 4 is 70.2 Å². The van der Waals surface area contributed by atoms with Crippen molar-refractivity contribution in [3.05, 3.63) is 10.6 Å². The highest BCUT2D eigenvalue weighted by Crippen LogP contribution is 2.82. The van der Waals surface area contributed by atoms with Gasteiger partial charge in [-0.2, -0.15) is 0 Å². The first-order valence-corrected chi connectivity index (χ1v) is 12.1. The van der Waals surface area contributed by atoms with Crippen molar-refractivity contribution in [3.63, 3.8) is 0 Å². The number of fused-ring (bicyclic) bond motifs is 2. The summed E-state index contributed by atoms with van der Waals surface area (Å²) in [6, 6.07) is 0. The fraction of sp³-hybridized carbons (Fsp3) is 0.765. The lowest BCUT2D eigenvalue weighted by Gasteiger charge is -2.66. The van der Waals surface area contributed by atoms with E-state index in [1.165, 1.54) is 23.4 Å². The molecular formula is C17H21Br3N2OS. The number of aryl methyl sites for hydroxylation is 2. The van der Waals surface area contributed by atoms with Gasteiger partial charge in [-0.05, 0) is 43.9 Å². The lowest BCUT2D eigenvalue weighted by atomic mass is 9.43. The zero-order valence-electron chi connectivity index (χ0n) is 13.8. The van der Waals surface area contributed by atoms with Crippen LogP contribution in [0.4, 0.5) is 5.13 Å². The topological polar surface area (TPSA) is 42.0 Å². The van der Waals surface area contributed by atoms with Gasteiger partial charge in [0.1, 0.15) is 0 Å². The number of halogens is 3. The molecule has 1 aromatic rings. The second-order valence-corrected chi connectivity index (χ2v) is 12.9. The number of amides is 1. The molecule has 5 rings (SSSR count). The van der Waals surface area contributed by atoms with Gasteiger partial charge in [0.15, 0.2) is 5.13 Å². The molecular weight excluding hydrogens is 520 g/mol. The van der Waals surface area contributed by atoms with Gasteiger partial charge in [-0.15, -0.1) is 11.3 Å². The number of carbonyl (C=O) groups excluding carboxylic acids is 1. The molecule has 0 saturated heterocycles. The number of aromatic nitrogens is 1. The van der Waals surface area contributed by atoms with E-state index in [2.05, 4.69) is 71.9 Å². The van der Waals surface area contributed by atoms with Crippen molar-refractivity contribution in [1.82, 2.24) is 4.98 Å². The van der Waals surface area contributed by atoms with Gasteiger partial charge in [0.2, 0.25) is 5.91 Å². The second kappa shape index (κ2) is 5.77. The Bertz CT molecular complexity index is 681. The first-order chi connectivity index (χ1) is 11.3. The zero-order valence-corrected chi connectivity index (χ0v) is 19.4. The molecule has 132 valence electrons. The highest BCUT2D eigenvalue weighted by Gasteiger charge is 2.83. The minimum atomic E-state index is -0.362. The van der Waals surface area contributed by atoms with Gasteiger partial charge in [-0.3, -0.25) is 4.79 Å². The maximum Gasteiger partial charge on any atom is 0.234 e. The number of hydrogen-bond donors (Lipinski definition) is 1. The van der Waals surface area contributed by atoms with Crippen LogP contribution in [0.5, 0.6) is 0 Å². The normalized spacial score (nSPS) is 36.3. The summed E-state index contributed by atoms with van der Waals surface area (Å²) in [5.41, 5.74) is 0.821. The first-order valence-electron chi connectivity index (χ1n) is 8.49. The van der Waals surface area contributed by atoms with Crippen LogP contribution in [0.3, 0.4) is 0 Å². The zero-order chi connectivity index (χ0) is 17.3. The van der Waals surface area contributed by atoms with Crippen LogP contribution in [-0.4, -0.2) is 19.5 Å². The number of hydrogen-bond acceptors (Lipinski definition) is 3. The summed E-state index contributed by atoms with van der Waals surface area (Å²) in [5, 5.41) is 3.96. The monoisotopic (exact) mass is 538 g/mol. The molecule has 7 heteroatoms. The summed E-state index contributed by atoms with van der Waals surface area (Å²) in [7, 11) is 0. The molecule has 3 fully saturated rings. The third-order valence-corrected chi connectivity index (χ3v) is 11.3. The Balaban J connectivity index is 1.60. The van der Waals surface area contributed by atoms with Crippen molar-refractivity contribution in [2.24, 2.45) is 16.2 Å². The van der Waals surface area contributed by atoms with Crippen molar-refractivity contribution in [2.45, 2.75) is 60.9 Å². The molecule has 1 amide bonds. The molecule has 3 atom stereocenters. The van der Waals surface area contributed by atoms with E-state index in [1.807, 2.05) is 0 Å². The summed E-state index contributed by atoms with van der Waals surface area (Å²) >= 11 is 13.0. The summed E-state index contributed by atoms with van der Waals surface area (Å²) in [6.45, 7) is 4.47. The number of nitrogens with one attached hydrogen (secondary N) is 1. The van der Waals surface area contributed by atoms with Gasteiger partial charge >= 0.3 is 0 Å².